The molecule has 1 aliphatic carbocycles. The summed E-state index contributed by atoms with van der Waals surface area (Å²) >= 11 is 1.56. The molecule has 5 rings (SSSR count). The second kappa shape index (κ2) is 11.1. The fourth-order valence-corrected chi connectivity index (χ4v) is 6.26. The number of aryl methyl sites for hydroxylation is 1. The number of benzene rings is 1. The minimum Gasteiger partial charge on any atom is -0.467 e. The SMILES string of the molecule is O=C(NCc1ccco1)c1c(N=Cc2cc([N+](=O)[O-])ccc2N2CCCCCC2)sc2c1CCCC2. The van der Waals surface area contributed by atoms with Crippen LogP contribution in [0.4, 0.5) is 16.4 Å². The molecule has 0 bridgehead atoms. The fourth-order valence-electron chi connectivity index (χ4n) is 5.03. The van der Waals surface area contributed by atoms with Crippen molar-refractivity contribution in [2.75, 3.05) is 18.0 Å². The van der Waals surface area contributed by atoms with Crippen LogP contribution in [-0.4, -0.2) is 30.1 Å². The van der Waals surface area contributed by atoms with Crippen molar-refractivity contribution in [1.82, 2.24) is 5.32 Å². The number of nitrogens with one attached hydrogen (secondary N) is 1. The Morgan fingerprint density at radius 3 is 2.69 bits per heavy atom. The van der Waals surface area contributed by atoms with Gasteiger partial charge in [-0.15, -0.1) is 11.3 Å². The van der Waals surface area contributed by atoms with Gasteiger partial charge in [0.1, 0.15) is 10.8 Å². The third-order valence-electron chi connectivity index (χ3n) is 6.87. The molecule has 0 unspecified atom stereocenters. The third kappa shape index (κ3) is 5.36. The van der Waals surface area contributed by atoms with E-state index < -0.39 is 0 Å². The van der Waals surface area contributed by atoms with Gasteiger partial charge in [-0.25, -0.2) is 4.99 Å². The van der Waals surface area contributed by atoms with E-state index in [2.05, 4.69) is 10.2 Å². The molecule has 0 saturated carbocycles. The summed E-state index contributed by atoms with van der Waals surface area (Å²) in [6, 6.07) is 8.61. The first-order valence-electron chi connectivity index (χ1n) is 12.6. The van der Waals surface area contributed by atoms with Gasteiger partial charge in [0.25, 0.3) is 11.6 Å². The van der Waals surface area contributed by atoms with Crippen LogP contribution in [0.5, 0.6) is 0 Å². The maximum Gasteiger partial charge on any atom is 0.270 e. The van der Waals surface area contributed by atoms with Gasteiger partial charge in [0.05, 0.1) is 23.3 Å². The smallest absolute Gasteiger partial charge is 0.270 e. The number of anilines is 1. The van der Waals surface area contributed by atoms with Gasteiger partial charge in [0.15, 0.2) is 0 Å². The van der Waals surface area contributed by atoms with Crippen molar-refractivity contribution in [2.24, 2.45) is 4.99 Å². The van der Waals surface area contributed by atoms with Crippen LogP contribution < -0.4 is 10.2 Å². The lowest BCUT2D eigenvalue weighted by Gasteiger charge is -2.24. The second-order valence-corrected chi connectivity index (χ2v) is 10.4. The maximum atomic E-state index is 13.3. The topological polar surface area (TPSA) is 101 Å². The van der Waals surface area contributed by atoms with E-state index in [1.807, 2.05) is 12.1 Å². The van der Waals surface area contributed by atoms with E-state index in [0.29, 0.717) is 28.4 Å². The van der Waals surface area contributed by atoms with E-state index in [1.165, 1.54) is 17.7 Å². The van der Waals surface area contributed by atoms with Gasteiger partial charge in [0, 0.05) is 47.6 Å². The summed E-state index contributed by atoms with van der Waals surface area (Å²) in [5.41, 5.74) is 3.41. The minimum absolute atomic E-state index is 0.0388. The maximum absolute atomic E-state index is 13.3. The Morgan fingerprint density at radius 2 is 1.94 bits per heavy atom. The molecule has 3 aromatic rings. The summed E-state index contributed by atoms with van der Waals surface area (Å²) in [6.07, 6.45) is 11.9. The molecule has 3 heterocycles. The molecule has 1 amide bonds. The number of aliphatic imine (C=N–C) groups is 1. The van der Waals surface area contributed by atoms with Crippen LogP contribution in [0.3, 0.4) is 0 Å². The van der Waals surface area contributed by atoms with Crippen LogP contribution in [-0.2, 0) is 19.4 Å². The van der Waals surface area contributed by atoms with Crippen molar-refractivity contribution < 1.29 is 14.1 Å². The number of amides is 1. The van der Waals surface area contributed by atoms with E-state index in [0.717, 1.165) is 62.9 Å². The summed E-state index contributed by atoms with van der Waals surface area (Å²) in [7, 11) is 0. The standard InChI is InChI=1S/C27H30N4O4S/c32-26(28-18-21-8-7-15-35-21)25-22-9-3-4-10-24(22)36-27(25)29-17-19-16-20(31(33)34)11-12-23(19)30-13-5-1-2-6-14-30/h7-8,11-12,15-17H,1-6,9-10,13-14,18H2,(H,28,32). The van der Waals surface area contributed by atoms with Crippen molar-refractivity contribution in [3.63, 3.8) is 0 Å². The Bertz CT molecular complexity index is 1260. The average Bonchev–Trinajstić information content (AvgIpc) is 3.46. The highest BCUT2D eigenvalue weighted by molar-refractivity contribution is 7.16. The molecule has 1 N–H and O–H groups in total. The Labute approximate surface area is 214 Å². The number of rotatable bonds is 7. The predicted molar refractivity (Wildman–Crippen MR) is 142 cm³/mol. The molecular weight excluding hydrogens is 476 g/mol. The zero-order chi connectivity index (χ0) is 24.9. The van der Waals surface area contributed by atoms with E-state index in [1.54, 1.807) is 42.0 Å². The number of furan rings is 1. The molecule has 1 aliphatic heterocycles. The zero-order valence-electron chi connectivity index (χ0n) is 20.2. The quantitative estimate of drug-likeness (QED) is 0.234. The molecule has 0 radical (unpaired) electrons. The number of thiophene rings is 1. The van der Waals surface area contributed by atoms with Crippen molar-refractivity contribution in [3.8, 4) is 0 Å². The lowest BCUT2D eigenvalue weighted by molar-refractivity contribution is -0.384. The van der Waals surface area contributed by atoms with Crippen LogP contribution in [0.15, 0.2) is 46.0 Å². The fraction of sp³-hybridized carbons (Fsp3) is 0.407. The molecule has 0 spiro atoms. The van der Waals surface area contributed by atoms with E-state index in [9.17, 15) is 14.9 Å². The van der Waals surface area contributed by atoms with Gasteiger partial charge in [-0.05, 0) is 62.3 Å². The van der Waals surface area contributed by atoms with Crippen LogP contribution in [0.2, 0.25) is 0 Å². The van der Waals surface area contributed by atoms with Gasteiger partial charge in [-0.2, -0.15) is 0 Å². The van der Waals surface area contributed by atoms with Crippen molar-refractivity contribution in [3.05, 3.63) is 74.0 Å². The number of non-ortho nitro benzene ring substituents is 1. The first-order chi connectivity index (χ1) is 17.6. The molecule has 188 valence electrons. The number of carbonyl (C=O) groups excluding carboxylic acids is 1. The summed E-state index contributed by atoms with van der Waals surface area (Å²) in [5.74, 6) is 0.529. The Kier molecular flexibility index (Phi) is 7.46. The molecule has 36 heavy (non-hydrogen) atoms. The van der Waals surface area contributed by atoms with Gasteiger partial charge in [0.2, 0.25) is 0 Å². The van der Waals surface area contributed by atoms with Crippen molar-refractivity contribution >= 4 is 39.8 Å². The monoisotopic (exact) mass is 506 g/mol. The lowest BCUT2D eigenvalue weighted by atomic mass is 9.95. The molecule has 1 fully saturated rings. The van der Waals surface area contributed by atoms with E-state index in [-0.39, 0.29) is 16.5 Å². The highest BCUT2D eigenvalue weighted by atomic mass is 32.1. The first-order valence-corrected chi connectivity index (χ1v) is 13.4. The summed E-state index contributed by atoms with van der Waals surface area (Å²) in [6.45, 7) is 2.16. The number of nitro benzene ring substituents is 1. The molecular formula is C27H30N4O4S. The van der Waals surface area contributed by atoms with Crippen LogP contribution >= 0.6 is 11.3 Å². The largest absolute Gasteiger partial charge is 0.467 e. The third-order valence-corrected chi connectivity index (χ3v) is 8.07. The highest BCUT2D eigenvalue weighted by Crippen LogP contribution is 2.40. The average molecular weight is 507 g/mol. The number of nitro groups is 1. The molecule has 1 saturated heterocycles. The van der Waals surface area contributed by atoms with Gasteiger partial charge < -0.3 is 14.6 Å². The zero-order valence-corrected chi connectivity index (χ0v) is 21.0. The first kappa shape index (κ1) is 24.2. The molecule has 2 aliphatic rings. The van der Waals surface area contributed by atoms with Crippen LogP contribution in [0, 0.1) is 10.1 Å². The predicted octanol–water partition coefficient (Wildman–Crippen LogP) is 6.19. The van der Waals surface area contributed by atoms with Gasteiger partial charge in [-0.3, -0.25) is 14.9 Å². The Morgan fingerprint density at radius 1 is 1.14 bits per heavy atom. The highest BCUT2D eigenvalue weighted by Gasteiger charge is 2.25. The summed E-state index contributed by atoms with van der Waals surface area (Å²) < 4.78 is 5.36. The Hall–Kier alpha value is -3.46. The number of nitrogens with zero attached hydrogens (tertiary/aromatic N) is 3. The molecule has 9 heteroatoms. The minimum atomic E-state index is -0.374. The van der Waals surface area contributed by atoms with Crippen LogP contribution in [0.25, 0.3) is 0 Å². The number of hydrogen-bond acceptors (Lipinski definition) is 7. The summed E-state index contributed by atoms with van der Waals surface area (Å²) in [5, 5.41) is 15.1. The normalized spacial score (nSPS) is 16.1. The van der Waals surface area contributed by atoms with Crippen molar-refractivity contribution in [1.29, 1.82) is 0 Å². The lowest BCUT2D eigenvalue weighted by Crippen LogP contribution is -2.25. The van der Waals surface area contributed by atoms with Crippen LogP contribution in [0.1, 0.15) is 70.6 Å². The second-order valence-electron chi connectivity index (χ2n) is 9.31. The van der Waals surface area contributed by atoms with E-state index >= 15 is 0 Å². The molecule has 1 aromatic carbocycles. The molecule has 8 nitrogen and oxygen atoms in total. The van der Waals surface area contributed by atoms with E-state index in [4.69, 9.17) is 9.41 Å². The number of fused-ring (bicyclic) bond motifs is 1. The number of hydrogen-bond donors (Lipinski definition) is 1. The Balaban J connectivity index is 1.48. The van der Waals surface area contributed by atoms with Gasteiger partial charge in [-0.1, -0.05) is 12.8 Å². The molecule has 2 aromatic heterocycles. The molecule has 0 atom stereocenters. The number of carbonyl (C=O) groups is 1. The van der Waals surface area contributed by atoms with Crippen molar-refractivity contribution in [2.45, 2.75) is 57.9 Å². The van der Waals surface area contributed by atoms with Gasteiger partial charge >= 0.3 is 0 Å². The summed E-state index contributed by atoms with van der Waals surface area (Å²) in [4.78, 5) is 32.7.